The van der Waals surface area contributed by atoms with Crippen LogP contribution in [0.3, 0.4) is 0 Å². The van der Waals surface area contributed by atoms with Crippen LogP contribution in [0.25, 0.3) is 0 Å². The van der Waals surface area contributed by atoms with E-state index >= 15 is 0 Å². The summed E-state index contributed by atoms with van der Waals surface area (Å²) in [6.07, 6.45) is 0.0454. The third-order valence-electron chi connectivity index (χ3n) is 5.09. The van der Waals surface area contributed by atoms with Crippen LogP contribution in [0.2, 0.25) is 5.02 Å². The van der Waals surface area contributed by atoms with Crippen LogP contribution in [-0.2, 0) is 21.2 Å². The Bertz CT molecular complexity index is 1320. The second-order valence-corrected chi connectivity index (χ2v) is 9.48. The smallest absolute Gasteiger partial charge is 0.274 e. The lowest BCUT2D eigenvalue weighted by atomic mass is 10.1. The second kappa shape index (κ2) is 10.6. The summed E-state index contributed by atoms with van der Waals surface area (Å²) < 4.78 is 33.6. The molecular formula is C23H22ClN3O6S. The van der Waals surface area contributed by atoms with Gasteiger partial charge < -0.3 is 10.1 Å². The summed E-state index contributed by atoms with van der Waals surface area (Å²) in [4.78, 5) is 23.7. The number of nitro groups is 1. The first-order valence-electron chi connectivity index (χ1n) is 10.1. The molecule has 3 aromatic carbocycles. The van der Waals surface area contributed by atoms with Gasteiger partial charge in [0.05, 0.1) is 33.2 Å². The van der Waals surface area contributed by atoms with E-state index in [0.29, 0.717) is 11.3 Å². The summed E-state index contributed by atoms with van der Waals surface area (Å²) in [6.45, 7) is 1.50. The van der Waals surface area contributed by atoms with Crippen LogP contribution >= 0.6 is 11.6 Å². The number of benzene rings is 3. The molecule has 0 heterocycles. The van der Waals surface area contributed by atoms with E-state index < -0.39 is 26.9 Å². The van der Waals surface area contributed by atoms with Crippen molar-refractivity contribution in [2.24, 2.45) is 0 Å². The number of carbonyl (C=O) groups excluding carboxylic acids is 1. The number of hydrogen-bond donors (Lipinski definition) is 2. The number of hydrogen-bond acceptors (Lipinski definition) is 6. The van der Waals surface area contributed by atoms with Crippen molar-refractivity contribution in [3.05, 3.63) is 93.0 Å². The number of amides is 1. The maximum absolute atomic E-state index is 13.2. The molecule has 2 N–H and O–H groups in total. The van der Waals surface area contributed by atoms with E-state index in [4.69, 9.17) is 16.3 Å². The molecule has 1 amide bonds. The highest BCUT2D eigenvalue weighted by atomic mass is 35.5. The molecule has 0 aromatic heterocycles. The van der Waals surface area contributed by atoms with E-state index in [-0.39, 0.29) is 33.3 Å². The molecule has 0 fully saturated rings. The van der Waals surface area contributed by atoms with Gasteiger partial charge >= 0.3 is 0 Å². The van der Waals surface area contributed by atoms with Crippen molar-refractivity contribution >= 4 is 38.9 Å². The van der Waals surface area contributed by atoms with Gasteiger partial charge in [-0.2, -0.15) is 4.72 Å². The lowest BCUT2D eigenvalue weighted by molar-refractivity contribution is -0.385. The number of sulfonamides is 1. The lowest BCUT2D eigenvalue weighted by Gasteiger charge is -2.20. The van der Waals surface area contributed by atoms with Gasteiger partial charge in [-0.3, -0.25) is 14.9 Å². The van der Waals surface area contributed by atoms with Crippen LogP contribution < -0.4 is 14.8 Å². The zero-order valence-electron chi connectivity index (χ0n) is 18.3. The highest BCUT2D eigenvalue weighted by Crippen LogP contribution is 2.28. The highest BCUT2D eigenvalue weighted by molar-refractivity contribution is 7.89. The minimum atomic E-state index is -4.16. The number of carbonyl (C=O) groups is 1. The molecule has 34 heavy (non-hydrogen) atoms. The minimum absolute atomic E-state index is 0.0454. The number of halogens is 1. The normalized spacial score (nSPS) is 12.1. The molecule has 3 aromatic rings. The predicted octanol–water partition coefficient (Wildman–Crippen LogP) is 4.09. The first kappa shape index (κ1) is 25.2. The second-order valence-electron chi connectivity index (χ2n) is 7.36. The van der Waals surface area contributed by atoms with Gasteiger partial charge in [-0.15, -0.1) is 0 Å². The van der Waals surface area contributed by atoms with Crippen molar-refractivity contribution in [3.63, 3.8) is 0 Å². The zero-order valence-corrected chi connectivity index (χ0v) is 19.9. The summed E-state index contributed by atoms with van der Waals surface area (Å²) in [5.41, 5.74) is 1.02. The predicted molar refractivity (Wildman–Crippen MR) is 129 cm³/mol. The van der Waals surface area contributed by atoms with Gasteiger partial charge in [0, 0.05) is 6.07 Å². The molecule has 0 radical (unpaired) electrons. The van der Waals surface area contributed by atoms with Gasteiger partial charge in [0.1, 0.15) is 11.8 Å². The van der Waals surface area contributed by atoms with Crippen LogP contribution in [0.15, 0.2) is 71.6 Å². The van der Waals surface area contributed by atoms with E-state index in [1.165, 1.54) is 50.4 Å². The molecule has 0 saturated heterocycles. The fourth-order valence-corrected chi connectivity index (χ4v) is 4.83. The maximum atomic E-state index is 13.2. The van der Waals surface area contributed by atoms with E-state index in [9.17, 15) is 23.3 Å². The van der Waals surface area contributed by atoms with Gasteiger partial charge in [-0.05, 0) is 43.2 Å². The largest absolute Gasteiger partial charge is 0.495 e. The summed E-state index contributed by atoms with van der Waals surface area (Å²) in [5.74, 6) is -0.365. The van der Waals surface area contributed by atoms with Gasteiger partial charge in [0.2, 0.25) is 15.9 Å². The Morgan fingerprint density at radius 2 is 1.82 bits per heavy atom. The average Bonchev–Trinajstić information content (AvgIpc) is 2.80. The minimum Gasteiger partial charge on any atom is -0.495 e. The van der Waals surface area contributed by atoms with Gasteiger partial charge in [-0.1, -0.05) is 48.0 Å². The first-order valence-corrected chi connectivity index (χ1v) is 11.9. The molecule has 11 heteroatoms. The quantitative estimate of drug-likeness (QED) is 0.334. The van der Waals surface area contributed by atoms with Crippen molar-refractivity contribution in [1.82, 2.24) is 4.72 Å². The van der Waals surface area contributed by atoms with Crippen LogP contribution in [-0.4, -0.2) is 32.4 Å². The fourth-order valence-electron chi connectivity index (χ4n) is 3.28. The van der Waals surface area contributed by atoms with Crippen molar-refractivity contribution in [2.45, 2.75) is 24.3 Å². The molecule has 0 aliphatic heterocycles. The van der Waals surface area contributed by atoms with E-state index in [1.54, 1.807) is 30.3 Å². The maximum Gasteiger partial charge on any atom is 0.274 e. The summed E-state index contributed by atoms with van der Waals surface area (Å²) in [6, 6.07) is 15.9. The van der Waals surface area contributed by atoms with Crippen LogP contribution in [0, 0.1) is 17.0 Å². The highest BCUT2D eigenvalue weighted by Gasteiger charge is 2.28. The molecule has 178 valence electrons. The number of ether oxygens (including phenoxy) is 1. The Balaban J connectivity index is 1.92. The molecule has 0 bridgehead atoms. The Morgan fingerprint density at radius 1 is 1.12 bits per heavy atom. The summed E-state index contributed by atoms with van der Waals surface area (Å²) in [5, 5.41) is 13.9. The van der Waals surface area contributed by atoms with Gasteiger partial charge in [-0.25, -0.2) is 8.42 Å². The molecule has 1 unspecified atom stereocenters. The van der Waals surface area contributed by atoms with E-state index in [0.717, 1.165) is 0 Å². The monoisotopic (exact) mass is 503 g/mol. The van der Waals surface area contributed by atoms with Crippen LogP contribution in [0.4, 0.5) is 11.4 Å². The molecule has 0 aliphatic rings. The summed E-state index contributed by atoms with van der Waals surface area (Å²) in [7, 11) is -2.75. The van der Waals surface area contributed by atoms with E-state index in [2.05, 4.69) is 10.0 Å². The lowest BCUT2D eigenvalue weighted by Crippen LogP contribution is -2.45. The number of anilines is 1. The number of nitrogens with zero attached hydrogens (tertiary/aromatic N) is 1. The molecule has 0 saturated carbocycles. The number of nitrogens with one attached hydrogen (secondary N) is 2. The van der Waals surface area contributed by atoms with Crippen molar-refractivity contribution in [2.75, 3.05) is 12.4 Å². The number of nitro benzene ring substituents is 1. The molecule has 1 atom stereocenters. The number of methoxy groups -OCH3 is 1. The third kappa shape index (κ3) is 5.90. The first-order chi connectivity index (χ1) is 16.1. The fraction of sp³-hybridized carbons (Fsp3) is 0.174. The van der Waals surface area contributed by atoms with E-state index in [1.807, 2.05) is 0 Å². The third-order valence-corrected chi connectivity index (χ3v) is 6.85. The molecule has 9 nitrogen and oxygen atoms in total. The average molecular weight is 504 g/mol. The van der Waals surface area contributed by atoms with Crippen molar-refractivity contribution < 1.29 is 22.9 Å². The topological polar surface area (TPSA) is 128 Å². The number of rotatable bonds is 9. The van der Waals surface area contributed by atoms with Crippen LogP contribution in [0.1, 0.15) is 11.1 Å². The van der Waals surface area contributed by atoms with Gasteiger partial charge in [0.15, 0.2) is 0 Å². The van der Waals surface area contributed by atoms with Gasteiger partial charge in [0.25, 0.3) is 5.69 Å². The molecule has 0 spiro atoms. The Labute approximate surface area is 201 Å². The standard InChI is InChI=1S/C23H22ClN3O6S/c1-15-19(9-6-10-21(15)27(29)30)25-23(28)20(13-16-7-4-3-5-8-16)26-34(31,32)17-11-12-22(33-2)18(24)14-17/h3-12,14,20,26H,13H2,1-2H3,(H,25,28). The van der Waals surface area contributed by atoms with Crippen LogP contribution in [0.5, 0.6) is 5.75 Å². The molecule has 0 aliphatic carbocycles. The summed E-state index contributed by atoms with van der Waals surface area (Å²) >= 11 is 6.08. The molecular weight excluding hydrogens is 482 g/mol. The zero-order chi connectivity index (χ0) is 24.9. The Morgan fingerprint density at radius 3 is 2.44 bits per heavy atom. The SMILES string of the molecule is COc1ccc(S(=O)(=O)NC(Cc2ccccc2)C(=O)Nc2cccc([N+](=O)[O-])c2C)cc1Cl. The van der Waals surface area contributed by atoms with Crippen molar-refractivity contribution in [3.8, 4) is 5.75 Å². The molecule has 3 rings (SSSR count). The van der Waals surface area contributed by atoms with Crippen molar-refractivity contribution in [1.29, 1.82) is 0 Å². The Kier molecular flexibility index (Phi) is 7.87. The Hall–Kier alpha value is -3.47.